The van der Waals surface area contributed by atoms with E-state index in [1.807, 2.05) is 4.90 Å². The molecule has 0 saturated carbocycles. The van der Waals surface area contributed by atoms with Gasteiger partial charge in [-0.1, -0.05) is 23.5 Å². The number of benzene rings is 1. The van der Waals surface area contributed by atoms with Crippen LogP contribution >= 0.6 is 11.3 Å². The lowest BCUT2D eigenvalue weighted by Gasteiger charge is -2.32. The van der Waals surface area contributed by atoms with E-state index in [4.69, 9.17) is 0 Å². The summed E-state index contributed by atoms with van der Waals surface area (Å²) in [6.07, 6.45) is 1.84. The van der Waals surface area contributed by atoms with Gasteiger partial charge in [0.05, 0.1) is 6.26 Å². The average Bonchev–Trinajstić information content (AvgIpc) is 2.97. The monoisotopic (exact) mass is 356 g/mol. The summed E-state index contributed by atoms with van der Waals surface area (Å²) in [6, 6.07) is 6.34. The van der Waals surface area contributed by atoms with E-state index in [0.29, 0.717) is 32.6 Å². The van der Waals surface area contributed by atoms with Gasteiger partial charge in [-0.25, -0.2) is 12.8 Å². The number of nitrogens with zero attached hydrogens (tertiary/aromatic N) is 4. The minimum absolute atomic E-state index is 0.254. The van der Waals surface area contributed by atoms with Gasteiger partial charge < -0.3 is 4.90 Å². The standard InChI is InChI=1S/C14H17FN4O2S2/c1-23(20,21)19-8-6-18(7-9-19)14-17-16-13(22-14)10-11-2-4-12(15)5-3-11/h2-5H,6-10H2,1H3. The Kier molecular flexibility index (Phi) is 4.60. The topological polar surface area (TPSA) is 66.4 Å². The van der Waals surface area contributed by atoms with Gasteiger partial charge in [-0.2, -0.15) is 4.31 Å². The number of hydrogen-bond donors (Lipinski definition) is 0. The molecular weight excluding hydrogens is 339 g/mol. The smallest absolute Gasteiger partial charge is 0.211 e. The van der Waals surface area contributed by atoms with Gasteiger partial charge in [-0.15, -0.1) is 10.2 Å². The first-order valence-corrected chi connectivity index (χ1v) is 9.85. The van der Waals surface area contributed by atoms with Crippen LogP contribution in [0.4, 0.5) is 9.52 Å². The van der Waals surface area contributed by atoms with Gasteiger partial charge in [0.15, 0.2) is 0 Å². The molecule has 6 nitrogen and oxygen atoms in total. The summed E-state index contributed by atoms with van der Waals surface area (Å²) in [6.45, 7) is 2.15. The summed E-state index contributed by atoms with van der Waals surface area (Å²) in [5.74, 6) is -0.254. The summed E-state index contributed by atoms with van der Waals surface area (Å²) in [7, 11) is -3.13. The number of anilines is 1. The summed E-state index contributed by atoms with van der Waals surface area (Å²) in [4.78, 5) is 2.05. The van der Waals surface area contributed by atoms with Crippen molar-refractivity contribution in [3.8, 4) is 0 Å². The molecule has 2 aromatic rings. The molecule has 0 spiro atoms. The maximum Gasteiger partial charge on any atom is 0.211 e. The van der Waals surface area contributed by atoms with E-state index >= 15 is 0 Å². The van der Waals surface area contributed by atoms with Crippen molar-refractivity contribution in [2.45, 2.75) is 6.42 Å². The molecule has 0 aliphatic carbocycles. The van der Waals surface area contributed by atoms with E-state index in [0.717, 1.165) is 15.7 Å². The lowest BCUT2D eigenvalue weighted by molar-refractivity contribution is 0.387. The van der Waals surface area contributed by atoms with Crippen LogP contribution in [0, 0.1) is 5.82 Å². The molecule has 0 atom stereocenters. The third-order valence-electron chi connectivity index (χ3n) is 3.70. The molecule has 0 unspecified atom stereocenters. The van der Waals surface area contributed by atoms with Gasteiger partial charge >= 0.3 is 0 Å². The predicted molar refractivity (Wildman–Crippen MR) is 87.7 cm³/mol. The number of sulfonamides is 1. The molecule has 3 rings (SSSR count). The van der Waals surface area contributed by atoms with E-state index in [1.54, 1.807) is 12.1 Å². The minimum Gasteiger partial charge on any atom is -0.344 e. The number of rotatable bonds is 4. The Morgan fingerprint density at radius 2 is 1.78 bits per heavy atom. The summed E-state index contributed by atoms with van der Waals surface area (Å²) < 4.78 is 37.4. The first-order chi connectivity index (χ1) is 10.9. The molecule has 1 aliphatic heterocycles. The van der Waals surface area contributed by atoms with Crippen molar-refractivity contribution in [1.82, 2.24) is 14.5 Å². The van der Waals surface area contributed by atoms with Crippen LogP contribution < -0.4 is 4.90 Å². The van der Waals surface area contributed by atoms with Gasteiger partial charge in [-0.05, 0) is 17.7 Å². The van der Waals surface area contributed by atoms with E-state index < -0.39 is 10.0 Å². The van der Waals surface area contributed by atoms with Crippen LogP contribution in [0.15, 0.2) is 24.3 Å². The maximum atomic E-state index is 12.9. The molecule has 0 bridgehead atoms. The fourth-order valence-corrected chi connectivity index (χ4v) is 4.18. The zero-order valence-corrected chi connectivity index (χ0v) is 14.3. The molecule has 1 fully saturated rings. The van der Waals surface area contributed by atoms with Gasteiger partial charge in [-0.3, -0.25) is 0 Å². The van der Waals surface area contributed by atoms with E-state index in [9.17, 15) is 12.8 Å². The van der Waals surface area contributed by atoms with E-state index in [1.165, 1.54) is 34.0 Å². The Balaban J connectivity index is 1.63. The van der Waals surface area contributed by atoms with Crippen LogP contribution in [0.2, 0.25) is 0 Å². The molecule has 0 radical (unpaired) electrons. The second-order valence-electron chi connectivity index (χ2n) is 5.43. The molecule has 2 heterocycles. The fourth-order valence-electron chi connectivity index (χ4n) is 2.43. The Hall–Kier alpha value is -1.58. The van der Waals surface area contributed by atoms with Crippen LogP contribution in [0.5, 0.6) is 0 Å². The van der Waals surface area contributed by atoms with Crippen molar-refractivity contribution >= 4 is 26.5 Å². The number of piperazine rings is 1. The third kappa shape index (κ3) is 4.04. The Labute approximate surface area is 138 Å². The van der Waals surface area contributed by atoms with Gasteiger partial charge in [0.2, 0.25) is 15.2 Å². The van der Waals surface area contributed by atoms with Crippen LogP contribution in [-0.2, 0) is 16.4 Å². The highest BCUT2D eigenvalue weighted by molar-refractivity contribution is 7.88. The minimum atomic E-state index is -3.13. The van der Waals surface area contributed by atoms with Crippen molar-refractivity contribution in [3.63, 3.8) is 0 Å². The van der Waals surface area contributed by atoms with Gasteiger partial charge in [0, 0.05) is 32.6 Å². The Morgan fingerprint density at radius 3 is 2.39 bits per heavy atom. The molecule has 1 aromatic heterocycles. The number of halogens is 1. The highest BCUT2D eigenvalue weighted by Gasteiger charge is 2.25. The normalized spacial score (nSPS) is 16.7. The zero-order chi connectivity index (χ0) is 16.4. The highest BCUT2D eigenvalue weighted by atomic mass is 32.2. The first kappa shape index (κ1) is 16.3. The van der Waals surface area contributed by atoms with Crippen molar-refractivity contribution in [2.24, 2.45) is 0 Å². The van der Waals surface area contributed by atoms with E-state index in [2.05, 4.69) is 10.2 Å². The van der Waals surface area contributed by atoms with Crippen molar-refractivity contribution in [3.05, 3.63) is 40.7 Å². The predicted octanol–water partition coefficient (Wildman–Crippen LogP) is 1.35. The largest absolute Gasteiger partial charge is 0.344 e. The lowest BCUT2D eigenvalue weighted by Crippen LogP contribution is -2.48. The fraction of sp³-hybridized carbons (Fsp3) is 0.429. The summed E-state index contributed by atoms with van der Waals surface area (Å²) in [5, 5.41) is 10.0. The zero-order valence-electron chi connectivity index (χ0n) is 12.6. The van der Waals surface area contributed by atoms with Crippen molar-refractivity contribution in [1.29, 1.82) is 0 Å². The maximum absolute atomic E-state index is 12.9. The second-order valence-corrected chi connectivity index (χ2v) is 8.45. The quantitative estimate of drug-likeness (QED) is 0.827. The van der Waals surface area contributed by atoms with E-state index in [-0.39, 0.29) is 5.82 Å². The summed E-state index contributed by atoms with van der Waals surface area (Å²) >= 11 is 1.49. The Bertz CT molecular complexity index is 768. The molecular formula is C14H17FN4O2S2. The SMILES string of the molecule is CS(=O)(=O)N1CCN(c2nnc(Cc3ccc(F)cc3)s2)CC1. The first-order valence-electron chi connectivity index (χ1n) is 7.19. The average molecular weight is 356 g/mol. The van der Waals surface area contributed by atoms with Gasteiger partial charge in [0.1, 0.15) is 10.8 Å². The Morgan fingerprint density at radius 1 is 1.13 bits per heavy atom. The van der Waals surface area contributed by atoms with Crippen LogP contribution in [0.3, 0.4) is 0 Å². The summed E-state index contributed by atoms with van der Waals surface area (Å²) in [5.41, 5.74) is 0.982. The van der Waals surface area contributed by atoms with Crippen LogP contribution in [-0.4, -0.2) is 55.4 Å². The number of hydrogen-bond acceptors (Lipinski definition) is 6. The number of aromatic nitrogens is 2. The van der Waals surface area contributed by atoms with Crippen molar-refractivity contribution in [2.75, 3.05) is 37.3 Å². The van der Waals surface area contributed by atoms with Gasteiger partial charge in [0.25, 0.3) is 0 Å². The third-order valence-corrected chi connectivity index (χ3v) is 5.99. The van der Waals surface area contributed by atoms with Crippen LogP contribution in [0.1, 0.15) is 10.6 Å². The molecule has 9 heteroatoms. The molecule has 1 aromatic carbocycles. The highest BCUT2D eigenvalue weighted by Crippen LogP contribution is 2.24. The lowest BCUT2D eigenvalue weighted by atomic mass is 10.2. The van der Waals surface area contributed by atoms with Crippen molar-refractivity contribution < 1.29 is 12.8 Å². The molecule has 124 valence electrons. The molecule has 1 aliphatic rings. The molecule has 23 heavy (non-hydrogen) atoms. The molecule has 0 N–H and O–H groups in total. The molecule has 0 amide bonds. The second kappa shape index (κ2) is 6.50. The molecule has 1 saturated heterocycles. The van der Waals surface area contributed by atoms with Crippen LogP contribution in [0.25, 0.3) is 0 Å².